The second-order valence-corrected chi connectivity index (χ2v) is 5.69. The van der Waals surface area contributed by atoms with E-state index >= 15 is 0 Å². The van der Waals surface area contributed by atoms with Crippen molar-refractivity contribution in [3.8, 4) is 22.7 Å². The molecule has 1 aromatic carbocycles. The van der Waals surface area contributed by atoms with Crippen molar-refractivity contribution in [2.75, 3.05) is 6.61 Å². The highest BCUT2D eigenvalue weighted by atomic mass is 35.5. The van der Waals surface area contributed by atoms with Crippen molar-refractivity contribution < 1.29 is 32.7 Å². The van der Waals surface area contributed by atoms with Crippen LogP contribution in [0.2, 0.25) is 5.02 Å². The number of carbonyl (C=O) groups is 2. The predicted octanol–water partition coefficient (Wildman–Crippen LogP) is 3.97. The van der Waals surface area contributed by atoms with Gasteiger partial charge < -0.3 is 18.7 Å². The second-order valence-electron chi connectivity index (χ2n) is 5.29. The molecule has 140 valence electrons. The van der Waals surface area contributed by atoms with Crippen molar-refractivity contribution in [1.29, 1.82) is 0 Å². The van der Waals surface area contributed by atoms with Crippen LogP contribution in [0.3, 0.4) is 0 Å². The molecule has 0 radical (unpaired) electrons. The van der Waals surface area contributed by atoms with Gasteiger partial charge in [-0.25, -0.2) is 23.9 Å². The molecule has 0 unspecified atom stereocenters. The highest BCUT2D eigenvalue weighted by Crippen LogP contribution is 2.37. The molecule has 0 spiro atoms. The lowest BCUT2D eigenvalue weighted by Crippen LogP contribution is -2.04. The Morgan fingerprint density at radius 3 is 2.70 bits per heavy atom. The van der Waals surface area contributed by atoms with Gasteiger partial charge >= 0.3 is 11.9 Å². The van der Waals surface area contributed by atoms with E-state index in [1.54, 1.807) is 6.92 Å². The molecule has 0 bridgehead atoms. The zero-order valence-corrected chi connectivity index (χ0v) is 14.8. The number of halogens is 2. The predicted molar refractivity (Wildman–Crippen MR) is 90.1 cm³/mol. The molecular weight excluding hydrogens is 383 g/mol. The number of benzene rings is 1. The van der Waals surface area contributed by atoms with Gasteiger partial charge in [-0.3, -0.25) is 0 Å². The summed E-state index contributed by atoms with van der Waals surface area (Å²) in [5.74, 6) is -3.38. The summed E-state index contributed by atoms with van der Waals surface area (Å²) in [4.78, 5) is 31.2. The van der Waals surface area contributed by atoms with Gasteiger partial charge in [-0.05, 0) is 19.1 Å². The summed E-state index contributed by atoms with van der Waals surface area (Å²) < 4.78 is 29.3. The molecule has 2 aromatic heterocycles. The van der Waals surface area contributed by atoms with Gasteiger partial charge in [-0.15, -0.1) is 0 Å². The minimum atomic E-state index is -1.38. The van der Waals surface area contributed by atoms with E-state index in [1.807, 2.05) is 0 Å². The highest BCUT2D eigenvalue weighted by Gasteiger charge is 2.26. The second kappa shape index (κ2) is 7.20. The van der Waals surface area contributed by atoms with Crippen LogP contribution < -0.4 is 0 Å². The Morgan fingerprint density at radius 2 is 2.04 bits per heavy atom. The van der Waals surface area contributed by atoms with E-state index in [0.29, 0.717) is 0 Å². The first-order chi connectivity index (χ1) is 12.8. The van der Waals surface area contributed by atoms with Crippen molar-refractivity contribution in [2.24, 2.45) is 0 Å². The average Bonchev–Trinajstić information content (AvgIpc) is 3.24. The number of hydrogen-bond acceptors (Lipinski definition) is 7. The van der Waals surface area contributed by atoms with E-state index in [1.165, 1.54) is 13.0 Å². The highest BCUT2D eigenvalue weighted by molar-refractivity contribution is 6.31. The van der Waals surface area contributed by atoms with Crippen molar-refractivity contribution in [3.05, 3.63) is 46.6 Å². The van der Waals surface area contributed by atoms with Gasteiger partial charge in [-0.1, -0.05) is 11.6 Å². The number of oxazole rings is 2. The molecule has 27 heavy (non-hydrogen) atoms. The lowest BCUT2D eigenvalue weighted by atomic mass is 10.0. The zero-order chi connectivity index (χ0) is 19.7. The number of nitrogens with zero attached hydrogens (tertiary/aromatic N) is 2. The zero-order valence-electron chi connectivity index (χ0n) is 14.1. The maximum Gasteiger partial charge on any atom is 0.374 e. The SMILES string of the molecule is CCOC(=O)c1coc(-c2cc(Cl)c(F)cc2-c2nc(C)oc2C(=O)O)n1. The van der Waals surface area contributed by atoms with E-state index in [4.69, 9.17) is 25.2 Å². The van der Waals surface area contributed by atoms with Crippen molar-refractivity contribution >= 4 is 23.5 Å². The third-order valence-electron chi connectivity index (χ3n) is 3.46. The lowest BCUT2D eigenvalue weighted by molar-refractivity contribution is 0.0519. The van der Waals surface area contributed by atoms with E-state index < -0.39 is 23.5 Å². The molecular formula is C17H12ClFN2O6. The summed E-state index contributed by atoms with van der Waals surface area (Å²) in [6.45, 7) is 3.23. The maximum absolute atomic E-state index is 14.1. The quantitative estimate of drug-likeness (QED) is 0.646. The van der Waals surface area contributed by atoms with Gasteiger partial charge in [0.15, 0.2) is 11.6 Å². The van der Waals surface area contributed by atoms with Gasteiger partial charge in [0.1, 0.15) is 17.8 Å². The first-order valence-corrected chi connectivity index (χ1v) is 8.02. The van der Waals surface area contributed by atoms with E-state index in [-0.39, 0.29) is 45.9 Å². The molecule has 0 fully saturated rings. The monoisotopic (exact) mass is 394 g/mol. The molecule has 0 atom stereocenters. The molecule has 3 rings (SSSR count). The number of rotatable bonds is 5. The number of carboxylic acid groups (broad SMARTS) is 1. The minimum absolute atomic E-state index is 0.0309. The smallest absolute Gasteiger partial charge is 0.374 e. The Bertz CT molecular complexity index is 1040. The van der Waals surface area contributed by atoms with Crippen LogP contribution in [0.25, 0.3) is 22.7 Å². The van der Waals surface area contributed by atoms with Crippen LogP contribution >= 0.6 is 11.6 Å². The number of esters is 1. The Morgan fingerprint density at radius 1 is 1.30 bits per heavy atom. The molecule has 0 amide bonds. The Kier molecular flexibility index (Phi) is 4.95. The Labute approximate surface area is 156 Å². The van der Waals surface area contributed by atoms with E-state index in [9.17, 15) is 19.1 Å². The first-order valence-electron chi connectivity index (χ1n) is 7.65. The number of carboxylic acids is 1. The summed E-state index contributed by atoms with van der Waals surface area (Å²) in [6, 6.07) is 2.19. The van der Waals surface area contributed by atoms with Gasteiger partial charge in [0.2, 0.25) is 11.7 Å². The van der Waals surface area contributed by atoms with Crippen molar-refractivity contribution in [2.45, 2.75) is 13.8 Å². The molecule has 2 heterocycles. The largest absolute Gasteiger partial charge is 0.475 e. The normalized spacial score (nSPS) is 10.8. The summed E-state index contributed by atoms with van der Waals surface area (Å²) in [6.07, 6.45) is 1.07. The number of aromatic carboxylic acids is 1. The first kappa shape index (κ1) is 18.6. The van der Waals surface area contributed by atoms with Crippen LogP contribution in [0.5, 0.6) is 0 Å². The van der Waals surface area contributed by atoms with Crippen LogP contribution in [0.15, 0.2) is 27.2 Å². The summed E-state index contributed by atoms with van der Waals surface area (Å²) in [7, 11) is 0. The molecule has 3 aromatic rings. The average molecular weight is 395 g/mol. The number of hydrogen-bond donors (Lipinski definition) is 1. The summed E-state index contributed by atoms with van der Waals surface area (Å²) in [5, 5.41) is 9.06. The van der Waals surface area contributed by atoms with Gasteiger partial charge in [-0.2, -0.15) is 0 Å². The molecule has 1 N–H and O–H groups in total. The van der Waals surface area contributed by atoms with Gasteiger partial charge in [0.25, 0.3) is 0 Å². The number of aryl methyl sites for hydroxylation is 1. The number of ether oxygens (including phenoxy) is 1. The molecule has 0 saturated carbocycles. The van der Waals surface area contributed by atoms with Gasteiger partial charge in [0.05, 0.1) is 11.6 Å². The molecule has 0 aliphatic rings. The molecule has 10 heteroatoms. The van der Waals surface area contributed by atoms with Crippen molar-refractivity contribution in [3.63, 3.8) is 0 Å². The number of aromatic nitrogens is 2. The lowest BCUT2D eigenvalue weighted by Gasteiger charge is -2.06. The minimum Gasteiger partial charge on any atom is -0.475 e. The molecule has 0 aliphatic heterocycles. The molecule has 8 nitrogen and oxygen atoms in total. The van der Waals surface area contributed by atoms with Gasteiger partial charge in [0, 0.05) is 18.1 Å². The standard InChI is InChI=1S/C17H12ClFN2O6/c1-3-25-17(24)12-6-26-15(21-12)9-4-10(18)11(19)5-8(9)13-14(16(22)23)27-7(2)20-13/h4-6H,3H2,1-2H3,(H,22,23). The third-order valence-corrected chi connectivity index (χ3v) is 3.75. The van der Waals surface area contributed by atoms with Crippen LogP contribution in [0.4, 0.5) is 4.39 Å². The molecule has 0 saturated heterocycles. The van der Waals surface area contributed by atoms with E-state index in [0.717, 1.165) is 12.3 Å². The van der Waals surface area contributed by atoms with Crippen molar-refractivity contribution in [1.82, 2.24) is 9.97 Å². The van der Waals surface area contributed by atoms with Crippen LogP contribution in [0.1, 0.15) is 33.9 Å². The Balaban J connectivity index is 2.19. The summed E-state index contributed by atoms with van der Waals surface area (Å²) >= 11 is 5.85. The topological polar surface area (TPSA) is 116 Å². The summed E-state index contributed by atoms with van der Waals surface area (Å²) in [5.41, 5.74) is -0.0642. The fourth-order valence-electron chi connectivity index (χ4n) is 2.37. The fourth-order valence-corrected chi connectivity index (χ4v) is 2.53. The van der Waals surface area contributed by atoms with Crippen LogP contribution in [-0.4, -0.2) is 33.6 Å². The third kappa shape index (κ3) is 3.54. The van der Waals surface area contributed by atoms with Crippen LogP contribution in [0, 0.1) is 12.7 Å². The van der Waals surface area contributed by atoms with Crippen LogP contribution in [-0.2, 0) is 4.74 Å². The Hall–Kier alpha value is -3.20. The molecule has 0 aliphatic carbocycles. The number of carbonyl (C=O) groups excluding carboxylic acids is 1. The van der Waals surface area contributed by atoms with E-state index in [2.05, 4.69) is 9.97 Å². The maximum atomic E-state index is 14.1. The fraction of sp³-hybridized carbons (Fsp3) is 0.176.